The van der Waals surface area contributed by atoms with Gasteiger partial charge < -0.3 is 18.0 Å². The van der Waals surface area contributed by atoms with Crippen LogP contribution in [0.1, 0.15) is 0 Å². The lowest BCUT2D eigenvalue weighted by molar-refractivity contribution is 0.668. The van der Waals surface area contributed by atoms with Gasteiger partial charge in [-0.2, -0.15) is 0 Å². The van der Waals surface area contributed by atoms with Crippen LogP contribution in [0.2, 0.25) is 6.55 Å². The molecule has 12 aromatic rings. The molecule has 0 bridgehead atoms. The summed E-state index contributed by atoms with van der Waals surface area (Å²) in [6, 6.07) is 61.5. The highest BCUT2D eigenvalue weighted by Gasteiger charge is 2.19. The van der Waals surface area contributed by atoms with Gasteiger partial charge in [-0.25, -0.2) is 0 Å². The van der Waals surface area contributed by atoms with Gasteiger partial charge >= 0.3 is 0 Å². The Morgan fingerprint density at radius 3 is 1.02 bits per heavy atom. The molecular formula is C49H32N2O2Si. The van der Waals surface area contributed by atoms with Crippen molar-refractivity contribution in [2.75, 3.05) is 0 Å². The molecule has 8 aromatic carbocycles. The van der Waals surface area contributed by atoms with Gasteiger partial charge in [0.2, 0.25) is 0 Å². The van der Waals surface area contributed by atoms with E-state index in [2.05, 4.69) is 186 Å². The summed E-state index contributed by atoms with van der Waals surface area (Å²) in [6.45, 7) is 2.43. The number of benzene rings is 8. The van der Waals surface area contributed by atoms with Gasteiger partial charge in [0, 0.05) is 54.5 Å². The van der Waals surface area contributed by atoms with Gasteiger partial charge in [0.15, 0.2) is 0 Å². The Morgan fingerprint density at radius 1 is 0.333 bits per heavy atom. The van der Waals surface area contributed by atoms with Crippen molar-refractivity contribution in [2.24, 2.45) is 0 Å². The summed E-state index contributed by atoms with van der Waals surface area (Å²) in [7, 11) is -1.60. The molecule has 0 atom stereocenters. The molecule has 0 aliphatic heterocycles. The van der Waals surface area contributed by atoms with Crippen molar-refractivity contribution in [3.05, 3.63) is 170 Å². The van der Waals surface area contributed by atoms with Crippen LogP contribution in [0.15, 0.2) is 179 Å². The van der Waals surface area contributed by atoms with Gasteiger partial charge in [-0.15, -0.1) is 0 Å². The van der Waals surface area contributed by atoms with Gasteiger partial charge in [-0.1, -0.05) is 114 Å². The fraction of sp³-hybridized carbons (Fsp3) is 0.0204. The summed E-state index contributed by atoms with van der Waals surface area (Å²) in [5.74, 6) is 0. The normalized spacial score (nSPS) is 12.3. The lowest BCUT2D eigenvalue weighted by atomic mass is 10.1. The molecule has 12 rings (SSSR count). The molecular weight excluding hydrogens is 677 g/mol. The first kappa shape index (κ1) is 29.7. The number of aromatic nitrogens is 2. The Labute approximate surface area is 311 Å². The molecule has 0 aliphatic carbocycles. The van der Waals surface area contributed by atoms with E-state index in [1.165, 1.54) is 54.0 Å². The van der Waals surface area contributed by atoms with Crippen LogP contribution < -0.4 is 10.4 Å². The molecule has 54 heavy (non-hydrogen) atoms. The second-order valence-corrected chi connectivity index (χ2v) is 17.3. The van der Waals surface area contributed by atoms with E-state index in [-0.39, 0.29) is 0 Å². The number of hydrogen-bond donors (Lipinski definition) is 0. The molecule has 5 heteroatoms. The van der Waals surface area contributed by atoms with E-state index in [4.69, 9.17) is 8.83 Å². The minimum absolute atomic E-state index is 0.909. The molecule has 0 radical (unpaired) electrons. The average molecular weight is 709 g/mol. The van der Waals surface area contributed by atoms with E-state index in [1.807, 2.05) is 0 Å². The number of fused-ring (bicyclic) bond motifs is 12. The number of nitrogens with zero attached hydrogens (tertiary/aromatic N) is 2. The molecule has 0 aliphatic rings. The van der Waals surface area contributed by atoms with Crippen LogP contribution in [-0.2, 0) is 0 Å². The first-order valence-electron chi connectivity index (χ1n) is 18.6. The van der Waals surface area contributed by atoms with E-state index in [9.17, 15) is 0 Å². The zero-order valence-corrected chi connectivity index (χ0v) is 30.6. The molecule has 0 fully saturated rings. The summed E-state index contributed by atoms with van der Waals surface area (Å²) in [4.78, 5) is 0. The van der Waals surface area contributed by atoms with Crippen LogP contribution in [0.25, 0.3) is 98.9 Å². The molecule has 0 saturated heterocycles. The number of rotatable bonds is 4. The van der Waals surface area contributed by atoms with E-state index in [1.54, 1.807) is 0 Å². The maximum absolute atomic E-state index is 6.42. The Hall–Kier alpha value is -6.82. The Balaban J connectivity index is 0.971. The zero-order valence-electron chi connectivity index (χ0n) is 29.5. The van der Waals surface area contributed by atoms with Crippen LogP contribution in [0.3, 0.4) is 0 Å². The van der Waals surface area contributed by atoms with Gasteiger partial charge in [-0.05, 0) is 72.8 Å². The third kappa shape index (κ3) is 4.18. The van der Waals surface area contributed by atoms with Gasteiger partial charge in [-0.3, -0.25) is 0 Å². The minimum atomic E-state index is -1.60. The molecule has 0 saturated carbocycles. The first-order valence-corrected chi connectivity index (χ1v) is 20.9. The predicted octanol–water partition coefficient (Wildman–Crippen LogP) is 11.7. The zero-order chi connectivity index (χ0) is 35.5. The van der Waals surface area contributed by atoms with E-state index in [0.29, 0.717) is 0 Å². The summed E-state index contributed by atoms with van der Waals surface area (Å²) >= 11 is 0. The molecule has 4 aromatic heterocycles. The molecule has 0 unspecified atom stereocenters. The molecule has 0 spiro atoms. The van der Waals surface area contributed by atoms with Crippen LogP contribution in [0.4, 0.5) is 0 Å². The maximum Gasteiger partial charge on any atom is 0.135 e. The minimum Gasteiger partial charge on any atom is -0.456 e. The highest BCUT2D eigenvalue weighted by atomic mass is 28.3. The highest BCUT2D eigenvalue weighted by molar-refractivity contribution is 6.84. The average Bonchev–Trinajstić information content (AvgIpc) is 3.97. The topological polar surface area (TPSA) is 36.1 Å². The summed E-state index contributed by atoms with van der Waals surface area (Å²) < 4.78 is 17.6. The maximum atomic E-state index is 6.42. The smallest absolute Gasteiger partial charge is 0.135 e. The predicted molar refractivity (Wildman–Crippen MR) is 228 cm³/mol. The quantitative estimate of drug-likeness (QED) is 0.171. The molecule has 4 heterocycles. The van der Waals surface area contributed by atoms with Crippen LogP contribution in [0.5, 0.6) is 0 Å². The van der Waals surface area contributed by atoms with Crippen molar-refractivity contribution >= 4 is 107 Å². The lowest BCUT2D eigenvalue weighted by Crippen LogP contribution is -2.38. The second kappa shape index (κ2) is 11.1. The molecule has 0 N–H and O–H groups in total. The number of para-hydroxylation sites is 4. The summed E-state index contributed by atoms with van der Waals surface area (Å²) in [5, 5.41) is 12.4. The largest absolute Gasteiger partial charge is 0.456 e. The van der Waals surface area contributed by atoms with Crippen molar-refractivity contribution < 1.29 is 8.83 Å². The number of hydrogen-bond acceptors (Lipinski definition) is 2. The van der Waals surface area contributed by atoms with Crippen LogP contribution in [0, 0.1) is 0 Å². The van der Waals surface area contributed by atoms with Crippen molar-refractivity contribution in [2.45, 2.75) is 6.55 Å². The highest BCUT2D eigenvalue weighted by Crippen LogP contribution is 2.37. The SMILES string of the molecule is C[SiH](c1ccc2oc3ccc(-n4c5ccccc5c5ccccc54)cc3c2c1)c1ccc2oc3ccc(-n4c5ccccc5c5ccccc54)cc3c2c1. The van der Waals surface area contributed by atoms with E-state index >= 15 is 0 Å². The van der Waals surface area contributed by atoms with Crippen molar-refractivity contribution in [1.82, 2.24) is 9.13 Å². The lowest BCUT2D eigenvalue weighted by Gasteiger charge is -2.12. The van der Waals surface area contributed by atoms with Gasteiger partial charge in [0.05, 0.1) is 30.9 Å². The fourth-order valence-corrected chi connectivity index (χ4v) is 11.0. The standard InChI is InChI=1S/C49H32N2O2Si/c1-54(32-20-24-48-40(28-32)38-26-30(18-22-46(38)52-48)50-42-14-6-2-10-34(42)35-11-3-7-15-43(35)50)33-21-25-49-41(29-33)39-27-31(19-23-47(39)53-49)51-44-16-8-4-12-36(44)37-13-5-9-17-45(37)51/h2-29,54H,1H3. The Kier molecular flexibility index (Phi) is 6.11. The van der Waals surface area contributed by atoms with Gasteiger partial charge in [0.1, 0.15) is 22.3 Å². The Morgan fingerprint density at radius 2 is 0.648 bits per heavy atom. The summed E-state index contributed by atoms with van der Waals surface area (Å²) in [5.41, 5.74) is 10.7. The van der Waals surface area contributed by atoms with Crippen molar-refractivity contribution in [3.8, 4) is 11.4 Å². The van der Waals surface area contributed by atoms with E-state index in [0.717, 1.165) is 55.3 Å². The first-order chi connectivity index (χ1) is 26.7. The monoisotopic (exact) mass is 708 g/mol. The van der Waals surface area contributed by atoms with Crippen LogP contribution in [-0.4, -0.2) is 17.9 Å². The Bertz CT molecular complexity index is 3150. The summed E-state index contributed by atoms with van der Waals surface area (Å²) in [6.07, 6.45) is 0. The van der Waals surface area contributed by atoms with Gasteiger partial charge in [0.25, 0.3) is 0 Å². The molecule has 254 valence electrons. The third-order valence-electron chi connectivity index (χ3n) is 11.6. The fourth-order valence-electron chi connectivity index (χ4n) is 8.98. The van der Waals surface area contributed by atoms with E-state index < -0.39 is 8.80 Å². The van der Waals surface area contributed by atoms with Crippen molar-refractivity contribution in [1.29, 1.82) is 0 Å². The second-order valence-electron chi connectivity index (χ2n) is 14.5. The van der Waals surface area contributed by atoms with Crippen molar-refractivity contribution in [3.63, 3.8) is 0 Å². The number of furan rings is 2. The van der Waals surface area contributed by atoms with Crippen LogP contribution >= 0.6 is 0 Å². The molecule has 4 nitrogen and oxygen atoms in total. The molecule has 0 amide bonds. The third-order valence-corrected chi connectivity index (χ3v) is 14.3.